The van der Waals surface area contributed by atoms with E-state index >= 15 is 0 Å². The van der Waals surface area contributed by atoms with Crippen molar-refractivity contribution in [2.45, 2.75) is 6.92 Å². The van der Waals surface area contributed by atoms with E-state index in [1.165, 1.54) is 30.3 Å². The number of hydrogen-bond acceptors (Lipinski definition) is 4. The summed E-state index contributed by atoms with van der Waals surface area (Å²) >= 11 is 0. The predicted molar refractivity (Wildman–Crippen MR) is 84.1 cm³/mol. The molecule has 0 amide bonds. The van der Waals surface area contributed by atoms with Crippen LogP contribution in [-0.2, 0) is 0 Å². The molecule has 0 radical (unpaired) electrons. The minimum atomic E-state index is -0.498. The molecule has 5 heteroatoms. The van der Waals surface area contributed by atoms with E-state index < -0.39 is 4.92 Å². The molecular weight excluding hydrogens is 282 g/mol. The maximum Gasteiger partial charge on any atom is 0.269 e. The van der Waals surface area contributed by atoms with Gasteiger partial charge in [0.15, 0.2) is 5.78 Å². The van der Waals surface area contributed by atoms with E-state index in [0.29, 0.717) is 17.9 Å². The molecule has 112 valence electrons. The van der Waals surface area contributed by atoms with Crippen molar-refractivity contribution in [3.05, 3.63) is 75.8 Å². The summed E-state index contributed by atoms with van der Waals surface area (Å²) in [6.45, 7) is 2.43. The van der Waals surface area contributed by atoms with E-state index in [-0.39, 0.29) is 11.5 Å². The highest BCUT2D eigenvalue weighted by molar-refractivity contribution is 6.07. The fourth-order valence-corrected chi connectivity index (χ4v) is 1.91. The second-order valence-electron chi connectivity index (χ2n) is 4.47. The molecule has 0 saturated heterocycles. The number of benzene rings is 2. The summed E-state index contributed by atoms with van der Waals surface area (Å²) < 4.78 is 5.48. The Morgan fingerprint density at radius 3 is 2.50 bits per heavy atom. The van der Waals surface area contributed by atoms with Gasteiger partial charge in [0.25, 0.3) is 5.69 Å². The number of non-ortho nitro benzene ring substituents is 1. The average molecular weight is 297 g/mol. The summed E-state index contributed by atoms with van der Waals surface area (Å²) in [6, 6.07) is 12.9. The van der Waals surface area contributed by atoms with Crippen molar-refractivity contribution in [2.75, 3.05) is 6.61 Å². The molecule has 0 aliphatic rings. The number of ketones is 1. The van der Waals surface area contributed by atoms with E-state index in [4.69, 9.17) is 4.74 Å². The number of carbonyl (C=O) groups is 1. The van der Waals surface area contributed by atoms with E-state index in [9.17, 15) is 14.9 Å². The number of hydrogen-bond donors (Lipinski definition) is 0. The van der Waals surface area contributed by atoms with Gasteiger partial charge in [-0.3, -0.25) is 14.9 Å². The largest absolute Gasteiger partial charge is 0.493 e. The molecule has 0 heterocycles. The second-order valence-corrected chi connectivity index (χ2v) is 4.47. The Morgan fingerprint density at radius 1 is 1.18 bits per heavy atom. The van der Waals surface area contributed by atoms with Crippen molar-refractivity contribution in [1.29, 1.82) is 0 Å². The normalized spacial score (nSPS) is 10.6. The number of nitrogens with zero attached hydrogens (tertiary/aromatic N) is 1. The van der Waals surface area contributed by atoms with E-state index in [1.54, 1.807) is 6.08 Å². The van der Waals surface area contributed by atoms with Crippen molar-refractivity contribution >= 4 is 17.5 Å². The first-order valence-corrected chi connectivity index (χ1v) is 6.80. The van der Waals surface area contributed by atoms with Gasteiger partial charge >= 0.3 is 0 Å². The van der Waals surface area contributed by atoms with Crippen molar-refractivity contribution in [3.63, 3.8) is 0 Å². The summed E-state index contributed by atoms with van der Waals surface area (Å²) in [5.41, 5.74) is 1.16. The molecule has 0 bridgehead atoms. The Morgan fingerprint density at radius 2 is 1.86 bits per heavy atom. The Hall–Kier alpha value is -2.95. The molecule has 2 rings (SSSR count). The van der Waals surface area contributed by atoms with Crippen LogP contribution in [0.5, 0.6) is 5.75 Å². The molecule has 0 fully saturated rings. The van der Waals surface area contributed by atoms with Gasteiger partial charge in [-0.2, -0.15) is 0 Å². The molecule has 0 atom stereocenters. The lowest BCUT2D eigenvalue weighted by molar-refractivity contribution is -0.384. The van der Waals surface area contributed by atoms with Gasteiger partial charge in [0.1, 0.15) is 5.75 Å². The third kappa shape index (κ3) is 3.79. The summed E-state index contributed by atoms with van der Waals surface area (Å²) in [5.74, 6) is 0.485. The maximum absolute atomic E-state index is 12.1. The number of nitro benzene ring substituents is 1. The van der Waals surface area contributed by atoms with Crippen LogP contribution in [0.25, 0.3) is 6.08 Å². The first kappa shape index (κ1) is 15.4. The molecule has 0 aliphatic heterocycles. The van der Waals surface area contributed by atoms with Gasteiger partial charge < -0.3 is 4.74 Å². The first-order chi connectivity index (χ1) is 10.6. The first-order valence-electron chi connectivity index (χ1n) is 6.80. The van der Waals surface area contributed by atoms with Crippen LogP contribution in [0.15, 0.2) is 54.6 Å². The quantitative estimate of drug-likeness (QED) is 0.351. The van der Waals surface area contributed by atoms with Crippen molar-refractivity contribution in [2.24, 2.45) is 0 Å². The van der Waals surface area contributed by atoms with Gasteiger partial charge in [0.2, 0.25) is 0 Å². The lowest BCUT2D eigenvalue weighted by Gasteiger charge is -2.06. The van der Waals surface area contributed by atoms with Crippen molar-refractivity contribution < 1.29 is 14.5 Å². The third-order valence-corrected chi connectivity index (χ3v) is 3.00. The number of para-hydroxylation sites is 1. The summed E-state index contributed by atoms with van der Waals surface area (Å²) in [4.78, 5) is 22.2. The molecule has 0 aromatic heterocycles. The minimum Gasteiger partial charge on any atom is -0.493 e. The van der Waals surface area contributed by atoms with Crippen molar-refractivity contribution in [1.82, 2.24) is 0 Å². The van der Waals surface area contributed by atoms with Crippen molar-refractivity contribution in [3.8, 4) is 5.75 Å². The van der Waals surface area contributed by atoms with Gasteiger partial charge in [-0.25, -0.2) is 0 Å². The van der Waals surface area contributed by atoms with Gasteiger partial charge in [-0.05, 0) is 37.3 Å². The Labute approximate surface area is 128 Å². The SMILES string of the molecule is CCOc1ccccc1C=CC(=O)c1ccc([N+](=O)[O-])cc1. The van der Waals surface area contributed by atoms with Crippen LogP contribution in [0.1, 0.15) is 22.8 Å². The molecule has 0 spiro atoms. The fourth-order valence-electron chi connectivity index (χ4n) is 1.91. The Balaban J connectivity index is 2.16. The lowest BCUT2D eigenvalue weighted by Crippen LogP contribution is -1.96. The zero-order valence-electron chi connectivity index (χ0n) is 12.1. The van der Waals surface area contributed by atoms with Crippen LogP contribution < -0.4 is 4.74 Å². The van der Waals surface area contributed by atoms with E-state index in [1.807, 2.05) is 31.2 Å². The molecule has 0 saturated carbocycles. The number of allylic oxidation sites excluding steroid dienone is 1. The standard InChI is InChI=1S/C17H15NO4/c1-2-22-17-6-4-3-5-14(17)9-12-16(19)13-7-10-15(11-8-13)18(20)21/h3-12H,2H2,1H3. The van der Waals surface area contributed by atoms with Crippen LogP contribution in [0, 0.1) is 10.1 Å². The summed E-state index contributed by atoms with van der Waals surface area (Å²) in [7, 11) is 0. The van der Waals surface area contributed by atoms with E-state index in [2.05, 4.69) is 0 Å². The average Bonchev–Trinajstić information content (AvgIpc) is 2.54. The predicted octanol–water partition coefficient (Wildman–Crippen LogP) is 3.89. The van der Waals surface area contributed by atoms with Gasteiger partial charge in [0.05, 0.1) is 11.5 Å². The van der Waals surface area contributed by atoms with Gasteiger partial charge in [0, 0.05) is 23.3 Å². The van der Waals surface area contributed by atoms with Crippen LogP contribution in [0.2, 0.25) is 0 Å². The third-order valence-electron chi connectivity index (χ3n) is 3.00. The molecule has 0 aliphatic carbocycles. The number of carbonyl (C=O) groups excluding carboxylic acids is 1. The molecule has 2 aromatic carbocycles. The number of nitro groups is 1. The Kier molecular flexibility index (Phi) is 5.03. The highest BCUT2D eigenvalue weighted by Gasteiger charge is 2.07. The van der Waals surface area contributed by atoms with Gasteiger partial charge in [-0.1, -0.05) is 18.2 Å². The summed E-state index contributed by atoms with van der Waals surface area (Å²) in [6.07, 6.45) is 3.10. The molecule has 22 heavy (non-hydrogen) atoms. The minimum absolute atomic E-state index is 0.0396. The van der Waals surface area contributed by atoms with Crippen LogP contribution in [0.4, 0.5) is 5.69 Å². The number of ether oxygens (including phenoxy) is 1. The highest BCUT2D eigenvalue weighted by atomic mass is 16.6. The maximum atomic E-state index is 12.1. The van der Waals surface area contributed by atoms with Crippen LogP contribution >= 0.6 is 0 Å². The molecule has 5 nitrogen and oxygen atoms in total. The fraction of sp³-hybridized carbons (Fsp3) is 0.118. The topological polar surface area (TPSA) is 69.4 Å². The molecule has 0 N–H and O–H groups in total. The van der Waals surface area contributed by atoms with E-state index in [0.717, 1.165) is 5.56 Å². The monoisotopic (exact) mass is 297 g/mol. The zero-order chi connectivity index (χ0) is 15.9. The van der Waals surface area contributed by atoms with Crippen LogP contribution in [0.3, 0.4) is 0 Å². The summed E-state index contributed by atoms with van der Waals surface area (Å²) in [5, 5.41) is 10.6. The lowest BCUT2D eigenvalue weighted by atomic mass is 10.1. The zero-order valence-corrected chi connectivity index (χ0v) is 12.1. The molecular formula is C17H15NO4. The molecule has 2 aromatic rings. The van der Waals surface area contributed by atoms with Gasteiger partial charge in [-0.15, -0.1) is 0 Å². The van der Waals surface area contributed by atoms with Crippen LogP contribution in [-0.4, -0.2) is 17.3 Å². The second kappa shape index (κ2) is 7.17. The molecule has 0 unspecified atom stereocenters. The number of rotatable bonds is 6. The Bertz CT molecular complexity index is 705. The highest BCUT2D eigenvalue weighted by Crippen LogP contribution is 2.20. The smallest absolute Gasteiger partial charge is 0.269 e.